The van der Waals surface area contributed by atoms with Crippen LogP contribution in [0.2, 0.25) is 5.02 Å². The van der Waals surface area contributed by atoms with Crippen molar-refractivity contribution in [2.24, 2.45) is 11.0 Å². The number of carbonyl (C=O) groups is 2. The van der Waals surface area contributed by atoms with Crippen LogP contribution in [0.5, 0.6) is 0 Å². The lowest BCUT2D eigenvalue weighted by Crippen LogP contribution is -2.43. The van der Waals surface area contributed by atoms with Gasteiger partial charge in [0.25, 0.3) is 5.91 Å². The van der Waals surface area contributed by atoms with Crippen LogP contribution in [0.25, 0.3) is 0 Å². The van der Waals surface area contributed by atoms with E-state index < -0.39 is 11.9 Å². The summed E-state index contributed by atoms with van der Waals surface area (Å²) in [6, 6.07) is 13.0. The zero-order chi connectivity index (χ0) is 22.7. The van der Waals surface area contributed by atoms with Crippen molar-refractivity contribution in [3.8, 4) is 0 Å². The number of hydrogen-bond donors (Lipinski definition) is 0. The Morgan fingerprint density at radius 3 is 2.59 bits per heavy atom. The highest BCUT2D eigenvalue weighted by atomic mass is 35.5. The Balaban J connectivity index is 1.63. The third-order valence-corrected chi connectivity index (χ3v) is 6.07. The Morgan fingerprint density at radius 1 is 1.19 bits per heavy atom. The molecular formula is C24H25ClFN3O3. The minimum atomic E-state index is -0.615. The summed E-state index contributed by atoms with van der Waals surface area (Å²) in [5, 5.41) is 6.37. The molecule has 0 unspecified atom stereocenters. The molecule has 1 aliphatic heterocycles. The number of ether oxygens (including phenoxy) is 1. The Kier molecular flexibility index (Phi) is 6.86. The van der Waals surface area contributed by atoms with Crippen molar-refractivity contribution in [1.82, 2.24) is 9.91 Å². The molecule has 2 amide bonds. The number of halogens is 2. The molecule has 0 N–H and O–H groups in total. The molecule has 168 valence electrons. The van der Waals surface area contributed by atoms with Crippen LogP contribution in [0.15, 0.2) is 53.6 Å². The summed E-state index contributed by atoms with van der Waals surface area (Å²) in [5.41, 5.74) is 1.69. The minimum Gasteiger partial charge on any atom is -0.383 e. The van der Waals surface area contributed by atoms with Crippen LogP contribution >= 0.6 is 11.6 Å². The van der Waals surface area contributed by atoms with Gasteiger partial charge in [-0.3, -0.25) is 9.59 Å². The minimum absolute atomic E-state index is 0.0252. The summed E-state index contributed by atoms with van der Waals surface area (Å²) in [5.74, 6) is -0.850. The van der Waals surface area contributed by atoms with Gasteiger partial charge in [0.2, 0.25) is 5.91 Å². The number of hydrogen-bond acceptors (Lipinski definition) is 4. The van der Waals surface area contributed by atoms with Gasteiger partial charge in [-0.15, -0.1) is 0 Å². The summed E-state index contributed by atoms with van der Waals surface area (Å²) < 4.78 is 19.8. The molecule has 1 fully saturated rings. The lowest BCUT2D eigenvalue weighted by atomic mass is 9.98. The summed E-state index contributed by atoms with van der Waals surface area (Å²) >= 11 is 6.36. The predicted octanol–water partition coefficient (Wildman–Crippen LogP) is 4.04. The molecule has 2 aromatic carbocycles. The standard InChI is InChI=1S/C24H25ClFN3O3/c1-32-13-12-28(24(31)16-10-11-16)15-23(30)29-22(18-7-3-5-9-20(18)26)14-21(27-29)17-6-2-4-8-19(17)25/h2-9,16,22H,10-15H2,1H3/t22-/m0/s1. The fraction of sp³-hybridized carbons (Fsp3) is 0.375. The molecule has 8 heteroatoms. The molecule has 0 aromatic heterocycles. The summed E-state index contributed by atoms with van der Waals surface area (Å²) in [4.78, 5) is 27.6. The number of hydrazone groups is 1. The van der Waals surface area contributed by atoms with Crippen molar-refractivity contribution in [3.05, 3.63) is 70.5 Å². The molecule has 1 atom stereocenters. The molecule has 6 nitrogen and oxygen atoms in total. The van der Waals surface area contributed by atoms with Gasteiger partial charge in [-0.05, 0) is 25.0 Å². The average molecular weight is 458 g/mol. The number of carbonyl (C=O) groups excluding carboxylic acids is 2. The molecule has 4 rings (SSSR count). The van der Waals surface area contributed by atoms with Crippen LogP contribution < -0.4 is 0 Å². The molecule has 32 heavy (non-hydrogen) atoms. The van der Waals surface area contributed by atoms with Gasteiger partial charge in [0.15, 0.2) is 0 Å². The molecule has 2 aromatic rings. The first-order valence-electron chi connectivity index (χ1n) is 10.7. The molecule has 0 radical (unpaired) electrons. The average Bonchev–Trinajstić information content (AvgIpc) is 3.55. The fourth-order valence-corrected chi connectivity index (χ4v) is 4.12. The van der Waals surface area contributed by atoms with E-state index in [0.717, 1.165) is 12.8 Å². The van der Waals surface area contributed by atoms with E-state index in [1.807, 2.05) is 18.2 Å². The second-order valence-corrected chi connectivity index (χ2v) is 8.44. The fourth-order valence-electron chi connectivity index (χ4n) is 3.88. The number of benzene rings is 2. The third-order valence-electron chi connectivity index (χ3n) is 5.74. The van der Waals surface area contributed by atoms with Gasteiger partial charge >= 0.3 is 0 Å². The van der Waals surface area contributed by atoms with E-state index in [2.05, 4.69) is 5.10 Å². The second kappa shape index (κ2) is 9.79. The highest BCUT2D eigenvalue weighted by Crippen LogP contribution is 2.36. The lowest BCUT2D eigenvalue weighted by Gasteiger charge is -2.27. The number of nitrogens with zero attached hydrogens (tertiary/aromatic N) is 3. The highest BCUT2D eigenvalue weighted by molar-refractivity contribution is 6.34. The first kappa shape index (κ1) is 22.4. The highest BCUT2D eigenvalue weighted by Gasteiger charge is 2.38. The van der Waals surface area contributed by atoms with Gasteiger partial charge in [-0.2, -0.15) is 5.10 Å². The number of rotatable bonds is 8. The van der Waals surface area contributed by atoms with Gasteiger partial charge < -0.3 is 9.64 Å². The lowest BCUT2D eigenvalue weighted by molar-refractivity contribution is -0.142. The van der Waals surface area contributed by atoms with Crippen LogP contribution in [-0.2, 0) is 14.3 Å². The van der Waals surface area contributed by atoms with Crippen LogP contribution in [0.4, 0.5) is 4.39 Å². The van der Waals surface area contributed by atoms with Crippen molar-refractivity contribution >= 4 is 29.1 Å². The topological polar surface area (TPSA) is 62.2 Å². The third kappa shape index (κ3) is 4.84. The Hall–Kier alpha value is -2.77. The number of methoxy groups -OCH3 is 1. The van der Waals surface area contributed by atoms with Gasteiger partial charge in [0, 0.05) is 42.1 Å². The van der Waals surface area contributed by atoms with E-state index >= 15 is 0 Å². The first-order chi connectivity index (χ1) is 15.5. The Bertz CT molecular complexity index is 1040. The van der Waals surface area contributed by atoms with Gasteiger partial charge in [-0.25, -0.2) is 9.40 Å². The molecule has 0 saturated heterocycles. The molecule has 1 heterocycles. The van der Waals surface area contributed by atoms with E-state index in [1.165, 1.54) is 16.0 Å². The van der Waals surface area contributed by atoms with Crippen LogP contribution in [0, 0.1) is 11.7 Å². The van der Waals surface area contributed by atoms with E-state index in [-0.39, 0.29) is 24.3 Å². The van der Waals surface area contributed by atoms with E-state index in [1.54, 1.807) is 31.4 Å². The quantitative estimate of drug-likeness (QED) is 0.601. The normalized spacial score (nSPS) is 17.9. The largest absolute Gasteiger partial charge is 0.383 e. The molecular weight excluding hydrogens is 433 g/mol. The van der Waals surface area contributed by atoms with E-state index in [0.29, 0.717) is 41.4 Å². The van der Waals surface area contributed by atoms with Gasteiger partial charge in [0.1, 0.15) is 12.4 Å². The summed E-state index contributed by atoms with van der Waals surface area (Å²) in [7, 11) is 1.55. The molecule has 2 aliphatic rings. The second-order valence-electron chi connectivity index (χ2n) is 8.03. The maximum atomic E-state index is 14.7. The van der Waals surface area contributed by atoms with E-state index in [4.69, 9.17) is 16.3 Å². The molecule has 1 saturated carbocycles. The van der Waals surface area contributed by atoms with Crippen molar-refractivity contribution in [2.45, 2.75) is 25.3 Å². The SMILES string of the molecule is COCCN(CC(=O)N1N=C(c2ccccc2Cl)C[C@H]1c1ccccc1F)C(=O)C1CC1. The molecule has 0 bridgehead atoms. The molecule has 1 aliphatic carbocycles. The molecule has 0 spiro atoms. The van der Waals surface area contributed by atoms with Gasteiger partial charge in [-0.1, -0.05) is 48.0 Å². The zero-order valence-electron chi connectivity index (χ0n) is 17.8. The van der Waals surface area contributed by atoms with E-state index in [9.17, 15) is 14.0 Å². The smallest absolute Gasteiger partial charge is 0.262 e. The van der Waals surface area contributed by atoms with Crippen molar-refractivity contribution in [3.63, 3.8) is 0 Å². The van der Waals surface area contributed by atoms with Crippen molar-refractivity contribution < 1.29 is 18.7 Å². The van der Waals surface area contributed by atoms with Crippen LogP contribution in [0.1, 0.15) is 36.4 Å². The predicted molar refractivity (Wildman–Crippen MR) is 120 cm³/mol. The maximum Gasteiger partial charge on any atom is 0.262 e. The Labute approximate surface area is 191 Å². The number of amides is 2. The maximum absolute atomic E-state index is 14.7. The summed E-state index contributed by atoms with van der Waals surface area (Å²) in [6.45, 7) is 0.510. The first-order valence-corrected chi connectivity index (χ1v) is 11.0. The van der Waals surface area contributed by atoms with Gasteiger partial charge in [0.05, 0.1) is 18.4 Å². The van der Waals surface area contributed by atoms with Crippen molar-refractivity contribution in [2.75, 3.05) is 26.8 Å². The zero-order valence-corrected chi connectivity index (χ0v) is 18.6. The monoisotopic (exact) mass is 457 g/mol. The van der Waals surface area contributed by atoms with Crippen LogP contribution in [-0.4, -0.2) is 54.2 Å². The van der Waals surface area contributed by atoms with Crippen LogP contribution in [0.3, 0.4) is 0 Å². The Morgan fingerprint density at radius 2 is 1.91 bits per heavy atom. The van der Waals surface area contributed by atoms with Crippen molar-refractivity contribution in [1.29, 1.82) is 0 Å². The summed E-state index contributed by atoms with van der Waals surface area (Å²) in [6.07, 6.45) is 2.00.